The van der Waals surface area contributed by atoms with Crippen LogP contribution in [0.3, 0.4) is 0 Å². The highest BCUT2D eigenvalue weighted by molar-refractivity contribution is 5.19. The second kappa shape index (κ2) is 6.91. The topological polar surface area (TPSA) is 41.5 Å². The molecule has 0 amide bonds. The fourth-order valence-corrected chi connectivity index (χ4v) is 3.01. The van der Waals surface area contributed by atoms with Crippen LogP contribution in [-0.4, -0.2) is 31.0 Å². The van der Waals surface area contributed by atoms with Crippen LogP contribution < -0.4 is 5.32 Å². The highest BCUT2D eigenvalue weighted by Crippen LogP contribution is 2.40. The van der Waals surface area contributed by atoms with Gasteiger partial charge in [-0.1, -0.05) is 44.2 Å². The van der Waals surface area contributed by atoms with Crippen molar-refractivity contribution in [1.29, 1.82) is 0 Å². The fourth-order valence-electron chi connectivity index (χ4n) is 3.01. The van der Waals surface area contributed by atoms with Crippen molar-refractivity contribution >= 4 is 0 Å². The van der Waals surface area contributed by atoms with Gasteiger partial charge in [0, 0.05) is 13.7 Å². The summed E-state index contributed by atoms with van der Waals surface area (Å²) in [5.41, 5.74) is 1.01. The zero-order chi connectivity index (χ0) is 15.3. The van der Waals surface area contributed by atoms with Crippen molar-refractivity contribution in [2.24, 2.45) is 5.41 Å². The van der Waals surface area contributed by atoms with Gasteiger partial charge < -0.3 is 15.2 Å². The van der Waals surface area contributed by atoms with Crippen LogP contribution in [0, 0.1) is 5.41 Å². The molecule has 1 aromatic rings. The third-order valence-corrected chi connectivity index (χ3v) is 4.75. The summed E-state index contributed by atoms with van der Waals surface area (Å²) in [4.78, 5) is 0. The average Bonchev–Trinajstić information content (AvgIpc) is 2.48. The second-order valence-electron chi connectivity index (χ2n) is 7.19. The molecule has 3 heteroatoms. The number of benzene rings is 1. The normalized spacial score (nSPS) is 21.9. The van der Waals surface area contributed by atoms with Crippen molar-refractivity contribution in [3.05, 3.63) is 35.9 Å². The van der Waals surface area contributed by atoms with E-state index in [1.807, 2.05) is 18.2 Å². The summed E-state index contributed by atoms with van der Waals surface area (Å²) in [5.74, 6) is 0. The van der Waals surface area contributed by atoms with Crippen molar-refractivity contribution in [2.45, 2.75) is 51.2 Å². The molecule has 21 heavy (non-hydrogen) atoms. The van der Waals surface area contributed by atoms with Gasteiger partial charge >= 0.3 is 0 Å². The molecule has 1 aromatic carbocycles. The van der Waals surface area contributed by atoms with E-state index >= 15 is 0 Å². The Bertz CT molecular complexity index is 420. The molecule has 2 N–H and O–H groups in total. The smallest absolute Gasteiger partial charge is 0.0772 e. The van der Waals surface area contributed by atoms with Crippen molar-refractivity contribution in [2.75, 3.05) is 20.3 Å². The number of ether oxygens (including phenoxy) is 1. The predicted octanol–water partition coefficient (Wildman–Crippen LogP) is 3.30. The molecule has 1 fully saturated rings. The summed E-state index contributed by atoms with van der Waals surface area (Å²) in [6, 6.07) is 10.4. The molecule has 0 radical (unpaired) electrons. The quantitative estimate of drug-likeness (QED) is 0.845. The van der Waals surface area contributed by atoms with Crippen LogP contribution in [0.25, 0.3) is 0 Å². The molecule has 0 aromatic heterocycles. The Hall–Kier alpha value is -0.900. The molecule has 1 unspecified atom stereocenters. The lowest BCUT2D eigenvalue weighted by molar-refractivity contribution is -0.0277. The Morgan fingerprint density at radius 2 is 1.76 bits per heavy atom. The van der Waals surface area contributed by atoms with Gasteiger partial charge in [0.15, 0.2) is 0 Å². The molecule has 0 aliphatic heterocycles. The number of aliphatic hydroxyl groups is 1. The van der Waals surface area contributed by atoms with Gasteiger partial charge in [0.1, 0.15) is 0 Å². The third kappa shape index (κ3) is 4.80. The molecule has 2 rings (SSSR count). The van der Waals surface area contributed by atoms with Gasteiger partial charge in [-0.3, -0.25) is 0 Å². The van der Waals surface area contributed by atoms with E-state index in [-0.39, 0.29) is 6.04 Å². The molecule has 0 heterocycles. The Morgan fingerprint density at radius 1 is 1.14 bits per heavy atom. The lowest BCUT2D eigenvalue weighted by Crippen LogP contribution is -2.46. The molecular formula is C18H29NO2. The maximum Gasteiger partial charge on any atom is 0.0772 e. The van der Waals surface area contributed by atoms with E-state index in [0.717, 1.165) is 25.7 Å². The standard InChI is InChI=1S/C18H29NO2/c1-17(2)9-11-18(20,12-10-17)14-19-16(13-21-3)15-7-5-4-6-8-15/h4-8,16,19-20H,9-14H2,1-3H3. The first-order valence-corrected chi connectivity index (χ1v) is 7.94. The molecule has 0 saturated heterocycles. The maximum absolute atomic E-state index is 10.8. The number of nitrogens with one attached hydrogen (secondary N) is 1. The lowest BCUT2D eigenvalue weighted by Gasteiger charge is -2.41. The Labute approximate surface area is 128 Å². The van der Waals surface area contributed by atoms with Gasteiger partial charge in [-0.2, -0.15) is 0 Å². The summed E-state index contributed by atoms with van der Waals surface area (Å²) in [7, 11) is 1.72. The van der Waals surface area contributed by atoms with Crippen LogP contribution in [0.1, 0.15) is 51.1 Å². The molecule has 1 aliphatic carbocycles. The van der Waals surface area contributed by atoms with Gasteiger partial charge in [-0.25, -0.2) is 0 Å². The van der Waals surface area contributed by atoms with Crippen LogP contribution in [0.2, 0.25) is 0 Å². The van der Waals surface area contributed by atoms with E-state index in [0.29, 0.717) is 18.6 Å². The SMILES string of the molecule is COCC(NCC1(O)CCC(C)(C)CC1)c1ccccc1. The summed E-state index contributed by atoms with van der Waals surface area (Å²) in [6.45, 7) is 5.83. The zero-order valence-corrected chi connectivity index (χ0v) is 13.6. The van der Waals surface area contributed by atoms with Crippen LogP contribution >= 0.6 is 0 Å². The maximum atomic E-state index is 10.8. The van der Waals surface area contributed by atoms with E-state index in [1.165, 1.54) is 5.56 Å². The third-order valence-electron chi connectivity index (χ3n) is 4.75. The first-order valence-electron chi connectivity index (χ1n) is 7.94. The van der Waals surface area contributed by atoms with Crippen LogP contribution in [0.5, 0.6) is 0 Å². The molecule has 3 nitrogen and oxygen atoms in total. The number of hydrogen-bond donors (Lipinski definition) is 2. The minimum atomic E-state index is -0.573. The van der Waals surface area contributed by atoms with E-state index in [2.05, 4.69) is 31.3 Å². The van der Waals surface area contributed by atoms with Crippen molar-refractivity contribution in [1.82, 2.24) is 5.32 Å². The molecular weight excluding hydrogens is 262 g/mol. The van der Waals surface area contributed by atoms with E-state index in [4.69, 9.17) is 4.74 Å². The predicted molar refractivity (Wildman–Crippen MR) is 86.3 cm³/mol. The highest BCUT2D eigenvalue weighted by Gasteiger charge is 2.36. The Kier molecular flexibility index (Phi) is 5.42. The highest BCUT2D eigenvalue weighted by atomic mass is 16.5. The molecule has 118 valence electrons. The van der Waals surface area contributed by atoms with Crippen LogP contribution in [0.15, 0.2) is 30.3 Å². The van der Waals surface area contributed by atoms with Gasteiger partial charge in [0.05, 0.1) is 18.2 Å². The summed E-state index contributed by atoms with van der Waals surface area (Å²) >= 11 is 0. The summed E-state index contributed by atoms with van der Waals surface area (Å²) in [5, 5.41) is 14.3. The fraction of sp³-hybridized carbons (Fsp3) is 0.667. The average molecular weight is 291 g/mol. The minimum absolute atomic E-state index is 0.134. The molecule has 1 saturated carbocycles. The first kappa shape index (κ1) is 16.5. The van der Waals surface area contributed by atoms with Gasteiger partial charge in [0.2, 0.25) is 0 Å². The van der Waals surface area contributed by atoms with Crippen molar-refractivity contribution in [3.63, 3.8) is 0 Å². The van der Waals surface area contributed by atoms with Gasteiger partial charge in [0.25, 0.3) is 0 Å². The Balaban J connectivity index is 1.93. The molecule has 1 aliphatic rings. The van der Waals surface area contributed by atoms with Gasteiger partial charge in [-0.15, -0.1) is 0 Å². The second-order valence-corrected chi connectivity index (χ2v) is 7.19. The monoisotopic (exact) mass is 291 g/mol. The largest absolute Gasteiger partial charge is 0.389 e. The summed E-state index contributed by atoms with van der Waals surface area (Å²) < 4.78 is 5.32. The number of rotatable bonds is 6. The Morgan fingerprint density at radius 3 is 2.33 bits per heavy atom. The van der Waals surface area contributed by atoms with E-state index < -0.39 is 5.60 Å². The van der Waals surface area contributed by atoms with Crippen LogP contribution in [0.4, 0.5) is 0 Å². The molecule has 1 atom stereocenters. The van der Waals surface area contributed by atoms with Crippen molar-refractivity contribution in [3.8, 4) is 0 Å². The zero-order valence-electron chi connectivity index (χ0n) is 13.6. The number of hydrogen-bond acceptors (Lipinski definition) is 3. The van der Waals surface area contributed by atoms with E-state index in [1.54, 1.807) is 7.11 Å². The van der Waals surface area contributed by atoms with Crippen LogP contribution in [-0.2, 0) is 4.74 Å². The van der Waals surface area contributed by atoms with Gasteiger partial charge in [-0.05, 0) is 36.7 Å². The molecule has 0 bridgehead atoms. The lowest BCUT2D eigenvalue weighted by atomic mass is 9.71. The molecule has 0 spiro atoms. The summed E-state index contributed by atoms with van der Waals surface area (Å²) in [6.07, 6.45) is 3.93. The number of methoxy groups -OCH3 is 1. The first-order chi connectivity index (χ1) is 9.94. The van der Waals surface area contributed by atoms with E-state index in [9.17, 15) is 5.11 Å². The minimum Gasteiger partial charge on any atom is -0.389 e. The van der Waals surface area contributed by atoms with Crippen molar-refractivity contribution < 1.29 is 9.84 Å².